The highest BCUT2D eigenvalue weighted by atomic mass is 32.1. The van der Waals surface area contributed by atoms with Gasteiger partial charge in [-0.05, 0) is 26.3 Å². The van der Waals surface area contributed by atoms with Crippen molar-refractivity contribution in [2.24, 2.45) is 0 Å². The average Bonchev–Trinajstić information content (AvgIpc) is 2.56. The summed E-state index contributed by atoms with van der Waals surface area (Å²) in [5.41, 5.74) is 5.54. The molecule has 1 atom stereocenters. The van der Waals surface area contributed by atoms with Gasteiger partial charge in [0.2, 0.25) is 5.13 Å². The molecule has 2 N–H and O–H groups in total. The van der Waals surface area contributed by atoms with E-state index in [9.17, 15) is 0 Å². The summed E-state index contributed by atoms with van der Waals surface area (Å²) in [6, 6.07) is 0.675. The molecule has 1 fully saturated rings. The number of rotatable bonds is 2. The Morgan fingerprint density at radius 3 is 3.00 bits per heavy atom. The maximum atomic E-state index is 5.54. The number of hydrogen-bond acceptors (Lipinski definition) is 5. The van der Waals surface area contributed by atoms with E-state index in [0.717, 1.165) is 11.6 Å². The monoisotopic (exact) mass is 212 g/mol. The minimum Gasteiger partial charge on any atom is -0.374 e. The molecule has 1 aliphatic rings. The average molecular weight is 212 g/mol. The number of aromatic nitrogens is 2. The molecule has 2 heterocycles. The molecule has 2 rings (SSSR count). The Kier molecular flexibility index (Phi) is 2.98. The Labute approximate surface area is 88.1 Å². The molecule has 4 nitrogen and oxygen atoms in total. The SMILES string of the molecule is CC1CCCCN1Cc1nnc(N)s1. The lowest BCUT2D eigenvalue weighted by Gasteiger charge is -2.32. The smallest absolute Gasteiger partial charge is 0.203 e. The molecular weight excluding hydrogens is 196 g/mol. The van der Waals surface area contributed by atoms with Gasteiger partial charge in [-0.15, -0.1) is 10.2 Å². The number of nitrogens with two attached hydrogens (primary N) is 1. The van der Waals surface area contributed by atoms with Crippen molar-refractivity contribution in [1.82, 2.24) is 15.1 Å². The van der Waals surface area contributed by atoms with Crippen LogP contribution < -0.4 is 5.73 Å². The first-order valence-electron chi connectivity index (χ1n) is 5.07. The largest absolute Gasteiger partial charge is 0.374 e. The van der Waals surface area contributed by atoms with Gasteiger partial charge in [-0.1, -0.05) is 17.8 Å². The van der Waals surface area contributed by atoms with E-state index in [-0.39, 0.29) is 0 Å². The van der Waals surface area contributed by atoms with Crippen molar-refractivity contribution in [3.05, 3.63) is 5.01 Å². The summed E-state index contributed by atoms with van der Waals surface area (Å²) in [7, 11) is 0. The van der Waals surface area contributed by atoms with Gasteiger partial charge < -0.3 is 5.73 Å². The van der Waals surface area contributed by atoms with E-state index >= 15 is 0 Å². The number of nitrogen functional groups attached to an aromatic ring is 1. The van der Waals surface area contributed by atoms with Gasteiger partial charge in [0.15, 0.2) is 0 Å². The Balaban J connectivity index is 1.95. The third kappa shape index (κ3) is 2.22. The van der Waals surface area contributed by atoms with Crippen LogP contribution in [-0.4, -0.2) is 27.7 Å². The summed E-state index contributed by atoms with van der Waals surface area (Å²) < 4.78 is 0. The zero-order valence-electron chi connectivity index (χ0n) is 8.44. The van der Waals surface area contributed by atoms with E-state index in [0.29, 0.717) is 11.2 Å². The summed E-state index contributed by atoms with van der Waals surface area (Å²) in [5.74, 6) is 0. The standard InChI is InChI=1S/C9H16N4S/c1-7-4-2-3-5-13(7)6-8-11-12-9(10)14-8/h7H,2-6H2,1H3,(H2,10,12). The van der Waals surface area contributed by atoms with Crippen LogP contribution in [0.2, 0.25) is 0 Å². The molecule has 0 aliphatic carbocycles. The maximum absolute atomic E-state index is 5.54. The Morgan fingerprint density at radius 1 is 1.50 bits per heavy atom. The quantitative estimate of drug-likeness (QED) is 0.807. The third-order valence-corrected chi connectivity index (χ3v) is 3.50. The van der Waals surface area contributed by atoms with Crippen LogP contribution in [0.1, 0.15) is 31.2 Å². The van der Waals surface area contributed by atoms with Gasteiger partial charge in [-0.3, -0.25) is 4.90 Å². The minimum absolute atomic E-state index is 0.574. The number of nitrogens with zero attached hydrogens (tertiary/aromatic N) is 3. The second-order valence-electron chi connectivity index (χ2n) is 3.85. The van der Waals surface area contributed by atoms with Crippen molar-refractivity contribution in [3.63, 3.8) is 0 Å². The lowest BCUT2D eigenvalue weighted by atomic mass is 10.0. The van der Waals surface area contributed by atoms with Crippen molar-refractivity contribution < 1.29 is 0 Å². The van der Waals surface area contributed by atoms with Crippen LogP contribution >= 0.6 is 11.3 Å². The van der Waals surface area contributed by atoms with E-state index in [1.54, 1.807) is 0 Å². The van der Waals surface area contributed by atoms with Crippen LogP contribution in [0.4, 0.5) is 5.13 Å². The first-order valence-corrected chi connectivity index (χ1v) is 5.89. The molecule has 0 aromatic carbocycles. The van der Waals surface area contributed by atoms with Crippen molar-refractivity contribution in [3.8, 4) is 0 Å². The molecule has 1 aromatic heterocycles. The van der Waals surface area contributed by atoms with E-state index < -0.39 is 0 Å². The zero-order chi connectivity index (χ0) is 9.97. The van der Waals surface area contributed by atoms with Crippen molar-refractivity contribution in [2.45, 2.75) is 38.8 Å². The highest BCUT2D eigenvalue weighted by Crippen LogP contribution is 2.20. The van der Waals surface area contributed by atoms with E-state index in [2.05, 4.69) is 22.0 Å². The van der Waals surface area contributed by atoms with Crippen LogP contribution in [0.15, 0.2) is 0 Å². The van der Waals surface area contributed by atoms with Crippen LogP contribution in [0.5, 0.6) is 0 Å². The first-order chi connectivity index (χ1) is 6.75. The number of piperidine rings is 1. The maximum Gasteiger partial charge on any atom is 0.203 e. The predicted molar refractivity (Wildman–Crippen MR) is 58.0 cm³/mol. The molecule has 0 radical (unpaired) electrons. The van der Waals surface area contributed by atoms with Crippen molar-refractivity contribution in [2.75, 3.05) is 12.3 Å². The van der Waals surface area contributed by atoms with Gasteiger partial charge in [0.25, 0.3) is 0 Å². The molecule has 0 amide bonds. The topological polar surface area (TPSA) is 55.0 Å². The molecule has 0 spiro atoms. The molecule has 1 aliphatic heterocycles. The third-order valence-electron chi connectivity index (χ3n) is 2.76. The second-order valence-corrected chi connectivity index (χ2v) is 4.94. The van der Waals surface area contributed by atoms with E-state index in [1.807, 2.05) is 0 Å². The van der Waals surface area contributed by atoms with Gasteiger partial charge in [-0.25, -0.2) is 0 Å². The molecular formula is C9H16N4S. The summed E-state index contributed by atoms with van der Waals surface area (Å²) in [4.78, 5) is 2.46. The molecule has 5 heteroatoms. The fourth-order valence-electron chi connectivity index (χ4n) is 1.90. The van der Waals surface area contributed by atoms with Gasteiger partial charge in [0, 0.05) is 6.04 Å². The predicted octanol–water partition coefficient (Wildman–Crippen LogP) is 1.49. The first kappa shape index (κ1) is 9.86. The highest BCUT2D eigenvalue weighted by Gasteiger charge is 2.19. The molecule has 1 aromatic rings. The zero-order valence-corrected chi connectivity index (χ0v) is 9.26. The lowest BCUT2D eigenvalue weighted by molar-refractivity contribution is 0.152. The number of hydrogen-bond donors (Lipinski definition) is 1. The van der Waals surface area contributed by atoms with Gasteiger partial charge in [0.1, 0.15) is 5.01 Å². The molecule has 0 bridgehead atoms. The van der Waals surface area contributed by atoms with Gasteiger partial charge >= 0.3 is 0 Å². The van der Waals surface area contributed by atoms with E-state index in [4.69, 9.17) is 5.73 Å². The summed E-state index contributed by atoms with van der Waals surface area (Å²) in [6.45, 7) is 4.38. The fraction of sp³-hybridized carbons (Fsp3) is 0.778. The van der Waals surface area contributed by atoms with Crippen LogP contribution in [0, 0.1) is 0 Å². The van der Waals surface area contributed by atoms with E-state index in [1.165, 1.54) is 37.1 Å². The van der Waals surface area contributed by atoms with Crippen molar-refractivity contribution >= 4 is 16.5 Å². The molecule has 1 saturated heterocycles. The normalized spacial score (nSPS) is 23.9. The summed E-state index contributed by atoms with van der Waals surface area (Å²) in [6.07, 6.45) is 3.96. The molecule has 78 valence electrons. The summed E-state index contributed by atoms with van der Waals surface area (Å²) >= 11 is 1.50. The van der Waals surface area contributed by atoms with Gasteiger partial charge in [-0.2, -0.15) is 0 Å². The lowest BCUT2D eigenvalue weighted by Crippen LogP contribution is -2.36. The van der Waals surface area contributed by atoms with Crippen LogP contribution in [-0.2, 0) is 6.54 Å². The van der Waals surface area contributed by atoms with Gasteiger partial charge in [0.05, 0.1) is 6.54 Å². The summed E-state index contributed by atoms with van der Waals surface area (Å²) in [5, 5.41) is 9.48. The molecule has 0 saturated carbocycles. The van der Waals surface area contributed by atoms with Crippen molar-refractivity contribution in [1.29, 1.82) is 0 Å². The number of likely N-dealkylation sites (tertiary alicyclic amines) is 1. The Morgan fingerprint density at radius 2 is 2.36 bits per heavy atom. The molecule has 14 heavy (non-hydrogen) atoms. The number of anilines is 1. The Bertz CT molecular complexity index is 299. The Hall–Kier alpha value is -0.680. The van der Waals surface area contributed by atoms with Crippen LogP contribution in [0.25, 0.3) is 0 Å². The fourth-order valence-corrected chi connectivity index (χ4v) is 2.53. The highest BCUT2D eigenvalue weighted by molar-refractivity contribution is 7.15. The molecule has 1 unspecified atom stereocenters. The van der Waals surface area contributed by atoms with Crippen LogP contribution in [0.3, 0.4) is 0 Å². The second kappa shape index (κ2) is 4.23. The minimum atomic E-state index is 0.574.